The Bertz CT molecular complexity index is 1090. The standard InChI is InChI=1S/C28H28P2/c1-19-25(29-15-23(27(19,3)17-29)21-11-7-5-8-12-21)26-20(2)28(4)18-30(26)16-24(28)22-13-9-6-10-14-22/h5-16H,17-18H2,1-4H3/t27-,28-,29?,30?/m1/s1. The van der Waals surface area contributed by atoms with Crippen LogP contribution < -0.4 is 0 Å². The smallest absolute Gasteiger partial charge is 0.0192 e. The topological polar surface area (TPSA) is 0 Å². The summed E-state index contributed by atoms with van der Waals surface area (Å²) in [6.07, 6.45) is 2.64. The van der Waals surface area contributed by atoms with Gasteiger partial charge in [0.1, 0.15) is 0 Å². The summed E-state index contributed by atoms with van der Waals surface area (Å²) in [5.41, 5.74) is 9.78. The third-order valence-electron chi connectivity index (χ3n) is 8.07. The van der Waals surface area contributed by atoms with Crippen LogP contribution in [0.1, 0.15) is 38.8 Å². The molecule has 30 heavy (non-hydrogen) atoms. The van der Waals surface area contributed by atoms with Gasteiger partial charge in [0.05, 0.1) is 0 Å². The first-order valence-corrected chi connectivity index (χ1v) is 14.1. The van der Waals surface area contributed by atoms with E-state index in [1.54, 1.807) is 32.9 Å². The Kier molecular flexibility index (Phi) is 4.04. The van der Waals surface area contributed by atoms with Crippen molar-refractivity contribution in [2.75, 3.05) is 12.3 Å². The first-order chi connectivity index (χ1) is 14.4. The Morgan fingerprint density at radius 3 is 1.30 bits per heavy atom. The molecule has 0 amide bonds. The van der Waals surface area contributed by atoms with Gasteiger partial charge < -0.3 is 0 Å². The van der Waals surface area contributed by atoms with Gasteiger partial charge in [-0.1, -0.05) is 97.3 Å². The molecule has 2 aromatic carbocycles. The Balaban J connectivity index is 1.41. The summed E-state index contributed by atoms with van der Waals surface area (Å²) in [5, 5.41) is 3.53. The summed E-state index contributed by atoms with van der Waals surface area (Å²) >= 11 is 0. The zero-order valence-corrected chi connectivity index (χ0v) is 20.0. The maximum absolute atomic E-state index is 2.67. The zero-order valence-electron chi connectivity index (χ0n) is 18.2. The monoisotopic (exact) mass is 426 g/mol. The number of allylic oxidation sites excluding steroid dienone is 6. The molecule has 0 saturated heterocycles. The molecule has 4 aliphatic rings. The van der Waals surface area contributed by atoms with E-state index in [2.05, 4.69) is 100.0 Å². The third-order valence-corrected chi connectivity index (χ3v) is 13.6. The molecule has 0 saturated carbocycles. The van der Waals surface area contributed by atoms with Gasteiger partial charge in [-0.05, 0) is 74.9 Å². The van der Waals surface area contributed by atoms with Crippen molar-refractivity contribution >= 4 is 27.0 Å². The average molecular weight is 426 g/mol. The van der Waals surface area contributed by atoms with Crippen LogP contribution in [0.3, 0.4) is 0 Å². The second kappa shape index (κ2) is 6.38. The first-order valence-electron chi connectivity index (χ1n) is 11.0. The Morgan fingerprint density at radius 2 is 0.967 bits per heavy atom. The van der Waals surface area contributed by atoms with Gasteiger partial charge in [-0.2, -0.15) is 0 Å². The second-order valence-corrected chi connectivity index (χ2v) is 13.6. The molecule has 0 N–H and O–H groups in total. The SMILES string of the molecule is CC1=C(C2=C(C)[C@@]3(C)CP2C=C3c2ccccc2)P2C=C(c3ccccc3)[C@]1(C)C2. The van der Waals surface area contributed by atoms with E-state index in [1.807, 2.05) is 0 Å². The molecule has 4 bridgehead atoms. The molecule has 0 aliphatic carbocycles. The predicted molar refractivity (Wildman–Crippen MR) is 134 cm³/mol. The number of fused-ring (bicyclic) bond motifs is 4. The summed E-state index contributed by atoms with van der Waals surface area (Å²) in [4.78, 5) is 0. The largest absolute Gasteiger partial charge is 0.0622 e. The van der Waals surface area contributed by atoms with Crippen LogP contribution >= 0.6 is 15.8 Å². The Morgan fingerprint density at radius 1 is 0.600 bits per heavy atom. The van der Waals surface area contributed by atoms with Crippen molar-refractivity contribution in [3.63, 3.8) is 0 Å². The van der Waals surface area contributed by atoms with Crippen LogP contribution in [-0.2, 0) is 0 Å². The van der Waals surface area contributed by atoms with Crippen LogP contribution in [0.25, 0.3) is 11.1 Å². The molecular formula is C28H28P2. The first kappa shape index (κ1) is 19.0. The quantitative estimate of drug-likeness (QED) is 0.431. The van der Waals surface area contributed by atoms with Crippen molar-refractivity contribution in [2.24, 2.45) is 10.8 Å². The van der Waals surface area contributed by atoms with Gasteiger partial charge in [0.25, 0.3) is 0 Å². The molecule has 2 aromatic rings. The molecule has 0 fully saturated rings. The number of benzene rings is 2. The van der Waals surface area contributed by atoms with Crippen LogP contribution in [-0.4, -0.2) is 12.3 Å². The van der Waals surface area contributed by atoms with E-state index in [1.165, 1.54) is 23.5 Å². The van der Waals surface area contributed by atoms with Gasteiger partial charge >= 0.3 is 0 Å². The molecule has 150 valence electrons. The van der Waals surface area contributed by atoms with Gasteiger partial charge in [0, 0.05) is 10.8 Å². The predicted octanol–water partition coefficient (Wildman–Crippen LogP) is 8.65. The van der Waals surface area contributed by atoms with Crippen LogP contribution in [0.4, 0.5) is 0 Å². The molecule has 0 radical (unpaired) electrons. The maximum atomic E-state index is 2.67. The summed E-state index contributed by atoms with van der Waals surface area (Å²) in [6, 6.07) is 22.2. The van der Waals surface area contributed by atoms with Gasteiger partial charge in [-0.15, -0.1) is 0 Å². The molecule has 4 aliphatic heterocycles. The van der Waals surface area contributed by atoms with Crippen molar-refractivity contribution < 1.29 is 0 Å². The van der Waals surface area contributed by atoms with Gasteiger partial charge in [-0.25, -0.2) is 0 Å². The van der Waals surface area contributed by atoms with E-state index in [-0.39, 0.29) is 26.7 Å². The summed E-state index contributed by atoms with van der Waals surface area (Å²) < 4.78 is 0. The molecule has 4 atom stereocenters. The summed E-state index contributed by atoms with van der Waals surface area (Å²) in [6.45, 7) is 9.89. The molecule has 2 heteroatoms. The minimum atomic E-state index is -0.177. The lowest BCUT2D eigenvalue weighted by molar-refractivity contribution is 0.623. The highest BCUT2D eigenvalue weighted by Gasteiger charge is 2.54. The fourth-order valence-corrected chi connectivity index (χ4v) is 13.5. The van der Waals surface area contributed by atoms with Crippen LogP contribution in [0.15, 0.2) is 94.1 Å². The summed E-state index contributed by atoms with van der Waals surface area (Å²) in [5.74, 6) is 5.33. The van der Waals surface area contributed by atoms with Crippen molar-refractivity contribution in [3.8, 4) is 0 Å². The highest BCUT2D eigenvalue weighted by molar-refractivity contribution is 7.72. The third kappa shape index (κ3) is 2.36. The normalized spacial score (nSPS) is 34.1. The minimum Gasteiger partial charge on any atom is -0.0622 e. The Labute approximate surface area is 183 Å². The lowest BCUT2D eigenvalue weighted by atomic mass is 9.74. The maximum Gasteiger partial charge on any atom is 0.0192 e. The molecule has 0 spiro atoms. The average Bonchev–Trinajstić information content (AvgIpc) is 3.43. The van der Waals surface area contributed by atoms with E-state index in [0.29, 0.717) is 0 Å². The van der Waals surface area contributed by atoms with Gasteiger partial charge in [-0.3, -0.25) is 0 Å². The van der Waals surface area contributed by atoms with Gasteiger partial charge in [0.15, 0.2) is 0 Å². The molecule has 2 unspecified atom stereocenters. The number of rotatable bonds is 3. The molecule has 0 aromatic heterocycles. The van der Waals surface area contributed by atoms with Crippen molar-refractivity contribution in [3.05, 3.63) is 105 Å². The summed E-state index contributed by atoms with van der Waals surface area (Å²) in [7, 11) is -0.354. The molecular weight excluding hydrogens is 398 g/mol. The van der Waals surface area contributed by atoms with E-state index in [0.717, 1.165) is 0 Å². The highest BCUT2D eigenvalue weighted by Crippen LogP contribution is 2.81. The van der Waals surface area contributed by atoms with E-state index < -0.39 is 0 Å². The van der Waals surface area contributed by atoms with Crippen molar-refractivity contribution in [1.29, 1.82) is 0 Å². The van der Waals surface area contributed by atoms with Gasteiger partial charge in [0.2, 0.25) is 0 Å². The zero-order chi connectivity index (χ0) is 20.7. The fraction of sp³-hybridized carbons (Fsp3) is 0.286. The Hall–Kier alpha value is -1.74. The molecule has 4 heterocycles. The van der Waals surface area contributed by atoms with E-state index in [4.69, 9.17) is 0 Å². The molecule has 0 nitrogen and oxygen atoms in total. The second-order valence-electron chi connectivity index (χ2n) is 9.68. The van der Waals surface area contributed by atoms with Crippen LogP contribution in [0, 0.1) is 10.8 Å². The lowest BCUT2D eigenvalue weighted by Gasteiger charge is -2.32. The van der Waals surface area contributed by atoms with Crippen LogP contribution in [0.5, 0.6) is 0 Å². The highest BCUT2D eigenvalue weighted by atomic mass is 31.1. The fourth-order valence-electron chi connectivity index (χ4n) is 6.07. The number of hydrogen-bond donors (Lipinski definition) is 0. The van der Waals surface area contributed by atoms with Crippen molar-refractivity contribution in [2.45, 2.75) is 27.7 Å². The van der Waals surface area contributed by atoms with E-state index in [9.17, 15) is 0 Å². The van der Waals surface area contributed by atoms with Crippen molar-refractivity contribution in [1.82, 2.24) is 0 Å². The van der Waals surface area contributed by atoms with E-state index >= 15 is 0 Å². The minimum absolute atomic E-state index is 0.177. The molecule has 6 rings (SSSR count). The van der Waals surface area contributed by atoms with Crippen LogP contribution in [0.2, 0.25) is 0 Å². The lowest BCUT2D eigenvalue weighted by Crippen LogP contribution is -2.19. The number of hydrogen-bond acceptors (Lipinski definition) is 0.